The van der Waals surface area contributed by atoms with E-state index in [0.717, 1.165) is 33.3 Å². The fraction of sp³-hybridized carbons (Fsp3) is 0.111. The molecule has 2 aromatic carbocycles. The zero-order chi connectivity index (χ0) is 15.3. The van der Waals surface area contributed by atoms with E-state index < -0.39 is 0 Å². The van der Waals surface area contributed by atoms with Crippen molar-refractivity contribution in [2.75, 3.05) is 0 Å². The van der Waals surface area contributed by atoms with E-state index in [9.17, 15) is 0 Å². The van der Waals surface area contributed by atoms with Gasteiger partial charge < -0.3 is 8.83 Å². The van der Waals surface area contributed by atoms with Crippen molar-refractivity contribution in [2.24, 2.45) is 0 Å². The van der Waals surface area contributed by atoms with Crippen LogP contribution in [0.3, 0.4) is 0 Å². The van der Waals surface area contributed by atoms with Gasteiger partial charge in [0.15, 0.2) is 11.2 Å². The Balaban J connectivity index is 1.80. The van der Waals surface area contributed by atoms with Gasteiger partial charge in [0.25, 0.3) is 0 Å². The number of rotatable bonds is 2. The maximum Gasteiger partial charge on any atom is 0.232 e. The number of fused-ring (bicyclic) bond motifs is 2. The molecule has 0 bridgehead atoms. The van der Waals surface area contributed by atoms with E-state index in [2.05, 4.69) is 16.5 Å². The van der Waals surface area contributed by atoms with Crippen LogP contribution in [0.15, 0.2) is 51.8 Å². The summed E-state index contributed by atoms with van der Waals surface area (Å²) in [5.74, 6) is 0.868. The van der Waals surface area contributed by atoms with Crippen LogP contribution in [-0.4, -0.2) is 9.97 Å². The summed E-state index contributed by atoms with van der Waals surface area (Å²) < 4.78 is 11.5. The van der Waals surface area contributed by atoms with Crippen LogP contribution in [0.4, 0.5) is 0 Å². The predicted octanol–water partition coefficient (Wildman–Crippen LogP) is 4.65. The monoisotopic (exact) mass is 290 g/mol. The van der Waals surface area contributed by atoms with Crippen molar-refractivity contribution in [3.63, 3.8) is 0 Å². The molecule has 0 fully saturated rings. The largest absolute Gasteiger partial charge is 0.436 e. The van der Waals surface area contributed by atoms with Gasteiger partial charge >= 0.3 is 0 Å². The third kappa shape index (κ3) is 2.00. The Morgan fingerprint density at radius 2 is 1.27 bits per heavy atom. The van der Waals surface area contributed by atoms with Crippen molar-refractivity contribution in [1.82, 2.24) is 9.97 Å². The molecule has 4 aromatic rings. The number of aromatic nitrogens is 2. The SMILES string of the molecule is C=C(c1nc2cc(C)ccc2o1)c1nc2cc(C)ccc2o1. The van der Waals surface area contributed by atoms with Crippen molar-refractivity contribution in [2.45, 2.75) is 13.8 Å². The molecule has 108 valence electrons. The van der Waals surface area contributed by atoms with Gasteiger partial charge in [0, 0.05) is 0 Å². The van der Waals surface area contributed by atoms with Crippen LogP contribution in [0.25, 0.3) is 27.8 Å². The zero-order valence-corrected chi connectivity index (χ0v) is 12.4. The van der Waals surface area contributed by atoms with Gasteiger partial charge in [0.2, 0.25) is 11.8 Å². The third-order valence-corrected chi connectivity index (χ3v) is 3.60. The molecule has 0 spiro atoms. The van der Waals surface area contributed by atoms with E-state index in [1.54, 1.807) is 0 Å². The first-order valence-corrected chi connectivity index (χ1v) is 7.04. The predicted molar refractivity (Wildman–Crippen MR) is 85.6 cm³/mol. The molecule has 4 nitrogen and oxygen atoms in total. The Bertz CT molecular complexity index is 942. The number of hydrogen-bond acceptors (Lipinski definition) is 4. The minimum Gasteiger partial charge on any atom is -0.436 e. The molecule has 22 heavy (non-hydrogen) atoms. The van der Waals surface area contributed by atoms with Crippen LogP contribution >= 0.6 is 0 Å². The lowest BCUT2D eigenvalue weighted by Gasteiger charge is -1.92. The van der Waals surface area contributed by atoms with Crippen molar-refractivity contribution in [1.29, 1.82) is 0 Å². The molecule has 2 aromatic heterocycles. The average molecular weight is 290 g/mol. The molecule has 0 aliphatic rings. The summed E-state index contributed by atoms with van der Waals surface area (Å²) in [5.41, 5.74) is 5.89. The summed E-state index contributed by atoms with van der Waals surface area (Å²) in [6.07, 6.45) is 0. The molecule has 0 radical (unpaired) electrons. The molecule has 0 saturated carbocycles. The van der Waals surface area contributed by atoms with Gasteiger partial charge in [-0.1, -0.05) is 18.7 Å². The highest BCUT2D eigenvalue weighted by atomic mass is 16.4. The van der Waals surface area contributed by atoms with Gasteiger partial charge in [-0.15, -0.1) is 0 Å². The Hall–Kier alpha value is -2.88. The van der Waals surface area contributed by atoms with Crippen LogP contribution in [-0.2, 0) is 0 Å². The fourth-order valence-corrected chi connectivity index (χ4v) is 2.42. The van der Waals surface area contributed by atoms with Gasteiger partial charge in [-0.3, -0.25) is 0 Å². The van der Waals surface area contributed by atoms with Crippen molar-refractivity contribution in [3.05, 3.63) is 65.9 Å². The molecule has 0 N–H and O–H groups in total. The molecule has 0 amide bonds. The smallest absolute Gasteiger partial charge is 0.232 e. The number of hydrogen-bond donors (Lipinski definition) is 0. The van der Waals surface area contributed by atoms with E-state index in [1.807, 2.05) is 50.2 Å². The maximum absolute atomic E-state index is 5.75. The van der Waals surface area contributed by atoms with E-state index >= 15 is 0 Å². The lowest BCUT2D eigenvalue weighted by Crippen LogP contribution is -1.85. The number of benzene rings is 2. The summed E-state index contributed by atoms with van der Waals surface area (Å²) in [6, 6.07) is 11.7. The van der Waals surface area contributed by atoms with Crippen LogP contribution < -0.4 is 0 Å². The minimum atomic E-state index is 0.434. The van der Waals surface area contributed by atoms with Crippen molar-refractivity contribution in [3.8, 4) is 0 Å². The molecule has 0 aliphatic carbocycles. The van der Waals surface area contributed by atoms with Gasteiger partial charge in [0.1, 0.15) is 11.0 Å². The van der Waals surface area contributed by atoms with Crippen LogP contribution in [0.2, 0.25) is 0 Å². The highest BCUT2D eigenvalue weighted by Crippen LogP contribution is 2.27. The molecular formula is C18H14N2O2. The van der Waals surface area contributed by atoms with E-state index in [0.29, 0.717) is 17.4 Å². The Labute approximate surface area is 127 Å². The quantitative estimate of drug-likeness (QED) is 0.539. The lowest BCUT2D eigenvalue weighted by atomic mass is 10.2. The second-order valence-corrected chi connectivity index (χ2v) is 5.46. The normalized spacial score (nSPS) is 11.4. The summed E-state index contributed by atoms with van der Waals surface area (Å²) in [7, 11) is 0. The number of aryl methyl sites for hydroxylation is 2. The first kappa shape index (κ1) is 12.8. The maximum atomic E-state index is 5.75. The molecular weight excluding hydrogens is 276 g/mol. The molecule has 0 aliphatic heterocycles. The van der Waals surface area contributed by atoms with E-state index in [1.165, 1.54) is 0 Å². The standard InChI is InChI=1S/C18H14N2O2/c1-10-4-6-15-13(8-10)19-17(21-15)12(3)18-20-14-9-11(2)5-7-16(14)22-18/h4-9H,3H2,1-2H3. The summed E-state index contributed by atoms with van der Waals surface area (Å²) in [4.78, 5) is 8.94. The zero-order valence-electron chi connectivity index (χ0n) is 12.4. The Kier molecular flexibility index (Phi) is 2.66. The average Bonchev–Trinajstić information content (AvgIpc) is 3.08. The van der Waals surface area contributed by atoms with Crippen molar-refractivity contribution < 1.29 is 8.83 Å². The topological polar surface area (TPSA) is 52.1 Å². The number of nitrogens with zero attached hydrogens (tertiary/aromatic N) is 2. The Morgan fingerprint density at radius 3 is 1.73 bits per heavy atom. The van der Waals surface area contributed by atoms with Crippen LogP contribution in [0.5, 0.6) is 0 Å². The van der Waals surface area contributed by atoms with Gasteiger partial charge in [0.05, 0.1) is 5.57 Å². The second-order valence-electron chi connectivity index (χ2n) is 5.46. The molecule has 4 heteroatoms. The summed E-state index contributed by atoms with van der Waals surface area (Å²) in [5, 5.41) is 0. The first-order valence-electron chi connectivity index (χ1n) is 7.04. The molecule has 0 saturated heterocycles. The second kappa shape index (κ2) is 4.56. The van der Waals surface area contributed by atoms with Gasteiger partial charge in [-0.25, -0.2) is 9.97 Å². The van der Waals surface area contributed by atoms with E-state index in [-0.39, 0.29) is 0 Å². The Morgan fingerprint density at radius 1 is 0.818 bits per heavy atom. The van der Waals surface area contributed by atoms with Gasteiger partial charge in [-0.2, -0.15) is 0 Å². The fourth-order valence-electron chi connectivity index (χ4n) is 2.42. The highest BCUT2D eigenvalue weighted by Gasteiger charge is 2.16. The van der Waals surface area contributed by atoms with Gasteiger partial charge in [-0.05, 0) is 49.2 Å². The summed E-state index contributed by atoms with van der Waals surface area (Å²) in [6.45, 7) is 8.06. The molecule has 2 heterocycles. The summed E-state index contributed by atoms with van der Waals surface area (Å²) >= 11 is 0. The molecule has 0 unspecified atom stereocenters. The van der Waals surface area contributed by atoms with Crippen LogP contribution in [0.1, 0.15) is 22.9 Å². The minimum absolute atomic E-state index is 0.434. The van der Waals surface area contributed by atoms with Crippen molar-refractivity contribution >= 4 is 27.8 Å². The first-order chi connectivity index (χ1) is 10.6. The third-order valence-electron chi connectivity index (χ3n) is 3.60. The number of oxazole rings is 2. The van der Waals surface area contributed by atoms with E-state index in [4.69, 9.17) is 8.83 Å². The lowest BCUT2D eigenvalue weighted by molar-refractivity contribution is 0.557. The molecule has 0 atom stereocenters. The molecule has 4 rings (SSSR count). The highest BCUT2D eigenvalue weighted by molar-refractivity contribution is 5.81. The van der Waals surface area contributed by atoms with Crippen LogP contribution in [0, 0.1) is 13.8 Å².